The summed E-state index contributed by atoms with van der Waals surface area (Å²) < 4.78 is 52.0. The summed E-state index contributed by atoms with van der Waals surface area (Å²) in [7, 11) is 0. The summed E-state index contributed by atoms with van der Waals surface area (Å²) >= 11 is 0. The molecule has 84 valence electrons. The molecule has 0 aromatic carbocycles. The third-order valence-corrected chi connectivity index (χ3v) is 1.43. The van der Waals surface area contributed by atoms with Crippen LogP contribution in [0.4, 0.5) is 23.4 Å². The van der Waals surface area contributed by atoms with E-state index in [9.17, 15) is 17.6 Å². The lowest BCUT2D eigenvalue weighted by molar-refractivity contribution is -0.276. The van der Waals surface area contributed by atoms with Crippen LogP contribution < -0.4 is 16.2 Å². The maximum absolute atomic E-state index is 13.0. The van der Waals surface area contributed by atoms with Gasteiger partial charge in [-0.1, -0.05) is 0 Å². The molecule has 0 amide bonds. The smallest absolute Gasteiger partial charge is 0.401 e. The number of anilines is 1. The van der Waals surface area contributed by atoms with E-state index in [4.69, 9.17) is 11.5 Å². The van der Waals surface area contributed by atoms with Gasteiger partial charge in [-0.05, 0) is 0 Å². The van der Waals surface area contributed by atoms with Crippen LogP contribution in [-0.2, 0) is 6.54 Å². The molecule has 0 bridgehead atoms. The third-order valence-electron chi connectivity index (χ3n) is 1.43. The molecule has 4 nitrogen and oxygen atoms in total. The van der Waals surface area contributed by atoms with Gasteiger partial charge in [-0.25, -0.2) is 9.37 Å². The van der Waals surface area contributed by atoms with Crippen molar-refractivity contribution >= 4 is 5.82 Å². The first-order chi connectivity index (χ1) is 6.83. The van der Waals surface area contributed by atoms with Crippen molar-refractivity contribution in [3.8, 4) is 5.75 Å². The van der Waals surface area contributed by atoms with E-state index in [0.717, 1.165) is 0 Å². The molecular weight excluding hydrogens is 218 g/mol. The van der Waals surface area contributed by atoms with Gasteiger partial charge in [0.15, 0.2) is 11.6 Å². The number of alkyl halides is 3. The average molecular weight is 225 g/mol. The van der Waals surface area contributed by atoms with Gasteiger partial charge in [0.1, 0.15) is 11.5 Å². The Morgan fingerprint density at radius 1 is 1.40 bits per heavy atom. The Bertz CT molecular complexity index is 366. The number of halogens is 4. The lowest BCUT2D eigenvalue weighted by Crippen LogP contribution is -2.20. The Balaban J connectivity index is 3.15. The average Bonchev–Trinajstić information content (AvgIpc) is 2.07. The second-order valence-corrected chi connectivity index (χ2v) is 2.56. The largest absolute Gasteiger partial charge is 0.573 e. The van der Waals surface area contributed by atoms with Gasteiger partial charge in [0.05, 0.1) is 0 Å². The Kier molecular flexibility index (Phi) is 2.98. The van der Waals surface area contributed by atoms with Gasteiger partial charge in [0, 0.05) is 12.6 Å². The normalized spacial score (nSPS) is 11.5. The number of hydrogen-bond donors (Lipinski definition) is 2. The lowest BCUT2D eigenvalue weighted by Gasteiger charge is -2.12. The first-order valence-corrected chi connectivity index (χ1v) is 3.74. The van der Waals surface area contributed by atoms with E-state index in [0.29, 0.717) is 6.07 Å². The first-order valence-electron chi connectivity index (χ1n) is 3.74. The molecule has 0 atom stereocenters. The second-order valence-electron chi connectivity index (χ2n) is 2.56. The lowest BCUT2D eigenvalue weighted by atomic mass is 10.3. The predicted octanol–water partition coefficient (Wildman–Crippen LogP) is 1.16. The summed E-state index contributed by atoms with van der Waals surface area (Å²) in [6.45, 7) is -0.409. The van der Waals surface area contributed by atoms with Gasteiger partial charge < -0.3 is 16.2 Å². The molecule has 0 saturated carbocycles. The number of nitrogens with two attached hydrogens (primary N) is 2. The summed E-state index contributed by atoms with van der Waals surface area (Å²) in [4.78, 5) is 3.42. The summed E-state index contributed by atoms with van der Waals surface area (Å²) in [5.74, 6) is -2.55. The summed E-state index contributed by atoms with van der Waals surface area (Å²) in [6.07, 6.45) is -5.00. The van der Waals surface area contributed by atoms with Crippen molar-refractivity contribution in [3.63, 3.8) is 0 Å². The van der Waals surface area contributed by atoms with Crippen LogP contribution in [0.2, 0.25) is 0 Å². The maximum atomic E-state index is 13.0. The molecule has 1 heterocycles. The number of nitrogen functional groups attached to an aromatic ring is 1. The van der Waals surface area contributed by atoms with Gasteiger partial charge in [0.2, 0.25) is 0 Å². The van der Waals surface area contributed by atoms with Crippen LogP contribution in [0.5, 0.6) is 5.75 Å². The highest BCUT2D eigenvalue weighted by Crippen LogP contribution is 2.28. The first kappa shape index (κ1) is 11.5. The predicted molar refractivity (Wildman–Crippen MR) is 43.2 cm³/mol. The molecule has 1 aromatic heterocycles. The molecule has 0 aliphatic carbocycles. The maximum Gasteiger partial charge on any atom is 0.573 e. The van der Waals surface area contributed by atoms with Crippen molar-refractivity contribution in [2.75, 3.05) is 5.73 Å². The molecule has 0 spiro atoms. The number of pyridine rings is 1. The third kappa shape index (κ3) is 2.94. The van der Waals surface area contributed by atoms with Gasteiger partial charge in [-0.2, -0.15) is 0 Å². The molecule has 0 fully saturated rings. The molecule has 0 unspecified atom stereocenters. The zero-order chi connectivity index (χ0) is 11.6. The second kappa shape index (κ2) is 3.89. The van der Waals surface area contributed by atoms with E-state index in [2.05, 4.69) is 9.72 Å². The highest BCUT2D eigenvalue weighted by molar-refractivity contribution is 5.39. The molecule has 15 heavy (non-hydrogen) atoms. The van der Waals surface area contributed by atoms with Crippen LogP contribution in [0.1, 0.15) is 5.69 Å². The van der Waals surface area contributed by atoms with Crippen molar-refractivity contribution < 1.29 is 22.3 Å². The number of rotatable bonds is 2. The van der Waals surface area contributed by atoms with Crippen LogP contribution >= 0.6 is 0 Å². The number of ether oxygens (including phenoxy) is 1. The Morgan fingerprint density at radius 2 is 2.00 bits per heavy atom. The van der Waals surface area contributed by atoms with Gasteiger partial charge in [-0.3, -0.25) is 0 Å². The zero-order valence-corrected chi connectivity index (χ0v) is 7.31. The fourth-order valence-corrected chi connectivity index (χ4v) is 0.934. The number of aromatic nitrogens is 1. The SMILES string of the molecule is NCc1nc(N)cc(F)c1OC(F)(F)F. The minimum absolute atomic E-state index is 0.262. The van der Waals surface area contributed by atoms with Crippen molar-refractivity contribution in [1.29, 1.82) is 0 Å². The molecule has 0 aliphatic rings. The fourth-order valence-electron chi connectivity index (χ4n) is 0.934. The minimum atomic E-state index is -5.00. The van der Waals surface area contributed by atoms with Crippen LogP contribution in [0.25, 0.3) is 0 Å². The fraction of sp³-hybridized carbons (Fsp3) is 0.286. The monoisotopic (exact) mass is 225 g/mol. The quantitative estimate of drug-likeness (QED) is 0.740. The molecule has 1 aromatic rings. The highest BCUT2D eigenvalue weighted by Gasteiger charge is 2.34. The van der Waals surface area contributed by atoms with Crippen LogP contribution in [0.15, 0.2) is 6.07 Å². The van der Waals surface area contributed by atoms with E-state index in [1.165, 1.54) is 0 Å². The van der Waals surface area contributed by atoms with E-state index >= 15 is 0 Å². The van der Waals surface area contributed by atoms with Gasteiger partial charge in [-0.15, -0.1) is 13.2 Å². The van der Waals surface area contributed by atoms with E-state index in [1.807, 2.05) is 0 Å². The topological polar surface area (TPSA) is 74.2 Å². The molecule has 8 heteroatoms. The van der Waals surface area contributed by atoms with Crippen LogP contribution in [0, 0.1) is 5.82 Å². The minimum Gasteiger partial charge on any atom is -0.401 e. The van der Waals surface area contributed by atoms with Gasteiger partial charge >= 0.3 is 6.36 Å². The zero-order valence-electron chi connectivity index (χ0n) is 7.31. The summed E-state index contributed by atoms with van der Waals surface area (Å²) in [5.41, 5.74) is 9.81. The van der Waals surface area contributed by atoms with E-state index in [1.54, 1.807) is 0 Å². The highest BCUT2D eigenvalue weighted by atomic mass is 19.4. The van der Waals surface area contributed by atoms with Crippen molar-refractivity contribution in [1.82, 2.24) is 4.98 Å². The van der Waals surface area contributed by atoms with E-state index < -0.39 is 24.5 Å². The standard InChI is InChI=1S/C7H7F4N3O/c8-3-1-5(13)14-4(2-12)6(3)15-7(9,10)11/h1H,2,12H2,(H2,13,14). The van der Waals surface area contributed by atoms with Gasteiger partial charge in [0.25, 0.3) is 0 Å². The Labute approximate surface area is 81.8 Å². The molecule has 1 rings (SSSR count). The molecule has 0 aliphatic heterocycles. The Hall–Kier alpha value is -1.57. The van der Waals surface area contributed by atoms with Crippen LogP contribution in [0.3, 0.4) is 0 Å². The molecule has 0 saturated heterocycles. The number of hydrogen-bond acceptors (Lipinski definition) is 4. The van der Waals surface area contributed by atoms with Crippen molar-refractivity contribution in [2.45, 2.75) is 12.9 Å². The van der Waals surface area contributed by atoms with Crippen molar-refractivity contribution in [2.24, 2.45) is 5.73 Å². The summed E-state index contributed by atoms with van der Waals surface area (Å²) in [6, 6.07) is 0.625. The molecular formula is C7H7F4N3O. The van der Waals surface area contributed by atoms with Crippen molar-refractivity contribution in [3.05, 3.63) is 17.6 Å². The van der Waals surface area contributed by atoms with E-state index in [-0.39, 0.29) is 11.5 Å². The summed E-state index contributed by atoms with van der Waals surface area (Å²) in [5, 5.41) is 0. The Morgan fingerprint density at radius 3 is 2.47 bits per heavy atom. The van der Waals surface area contributed by atoms with Crippen LogP contribution in [-0.4, -0.2) is 11.3 Å². The molecule has 4 N–H and O–H groups in total. The number of nitrogens with zero attached hydrogens (tertiary/aromatic N) is 1. The molecule has 0 radical (unpaired) electrons.